The van der Waals surface area contributed by atoms with Crippen LogP contribution in [0.25, 0.3) is 11.0 Å². The smallest absolute Gasteiger partial charge is 0.233 e. The largest absolute Gasteiger partial charge is 0.351 e. The molecule has 1 heterocycles. The summed E-state index contributed by atoms with van der Waals surface area (Å²) in [5, 5.41) is 4.07. The van der Waals surface area contributed by atoms with Crippen molar-refractivity contribution in [2.45, 2.75) is 30.8 Å². The standard InChI is InChI=1S/C18H18ClN3OS/c1-11-7-8-15-16(9-11)22-18(21-15)24-12(2)17(23)20-10-13-5-3-4-6-14(13)19/h3-9,12H,10H2,1-2H3,(H,20,23)(H,21,22). The van der Waals surface area contributed by atoms with Gasteiger partial charge in [-0.1, -0.05) is 47.6 Å². The number of amides is 1. The monoisotopic (exact) mass is 359 g/mol. The zero-order valence-corrected chi connectivity index (χ0v) is 15.0. The van der Waals surface area contributed by atoms with E-state index in [4.69, 9.17) is 11.6 Å². The molecule has 0 aliphatic rings. The molecule has 0 fully saturated rings. The summed E-state index contributed by atoms with van der Waals surface area (Å²) >= 11 is 7.51. The van der Waals surface area contributed by atoms with Crippen molar-refractivity contribution in [3.63, 3.8) is 0 Å². The second-order valence-corrected chi connectivity index (χ2v) is 7.37. The molecule has 0 radical (unpaired) electrons. The van der Waals surface area contributed by atoms with Crippen LogP contribution in [0.15, 0.2) is 47.6 Å². The first kappa shape index (κ1) is 16.9. The quantitative estimate of drug-likeness (QED) is 0.667. The van der Waals surface area contributed by atoms with Crippen LogP contribution in [0.1, 0.15) is 18.1 Å². The average molecular weight is 360 g/mol. The van der Waals surface area contributed by atoms with Crippen molar-refractivity contribution in [1.82, 2.24) is 15.3 Å². The molecule has 0 aliphatic heterocycles. The van der Waals surface area contributed by atoms with Crippen LogP contribution in [0.5, 0.6) is 0 Å². The Hall–Kier alpha value is -1.98. The Balaban J connectivity index is 1.61. The molecule has 0 saturated carbocycles. The third kappa shape index (κ3) is 3.91. The van der Waals surface area contributed by atoms with Crippen molar-refractivity contribution in [1.29, 1.82) is 0 Å². The highest BCUT2D eigenvalue weighted by atomic mass is 35.5. The number of hydrogen-bond acceptors (Lipinski definition) is 3. The van der Waals surface area contributed by atoms with Gasteiger partial charge in [-0.15, -0.1) is 0 Å². The summed E-state index contributed by atoms with van der Waals surface area (Å²) in [6.07, 6.45) is 0. The summed E-state index contributed by atoms with van der Waals surface area (Å²) in [5.41, 5.74) is 3.98. The Bertz CT molecular complexity index is 878. The van der Waals surface area contributed by atoms with E-state index in [-0.39, 0.29) is 11.2 Å². The fraction of sp³-hybridized carbons (Fsp3) is 0.222. The van der Waals surface area contributed by atoms with E-state index < -0.39 is 0 Å². The lowest BCUT2D eigenvalue weighted by atomic mass is 10.2. The van der Waals surface area contributed by atoms with Crippen LogP contribution in [-0.2, 0) is 11.3 Å². The number of benzene rings is 2. The Labute approximate surface area is 150 Å². The molecule has 3 rings (SSSR count). The van der Waals surface area contributed by atoms with Gasteiger partial charge in [0.05, 0.1) is 16.3 Å². The number of carbonyl (C=O) groups excluding carboxylic acids is 1. The molecule has 24 heavy (non-hydrogen) atoms. The number of thioether (sulfide) groups is 1. The van der Waals surface area contributed by atoms with Crippen LogP contribution < -0.4 is 5.32 Å². The topological polar surface area (TPSA) is 57.8 Å². The van der Waals surface area contributed by atoms with Crippen molar-refractivity contribution in [2.75, 3.05) is 0 Å². The normalized spacial score (nSPS) is 12.3. The van der Waals surface area contributed by atoms with Crippen molar-refractivity contribution in [3.05, 3.63) is 58.6 Å². The zero-order chi connectivity index (χ0) is 17.1. The Kier molecular flexibility index (Phi) is 5.11. The average Bonchev–Trinajstić information content (AvgIpc) is 2.95. The van der Waals surface area contributed by atoms with Gasteiger partial charge in [-0.25, -0.2) is 4.98 Å². The minimum Gasteiger partial charge on any atom is -0.351 e. The lowest BCUT2D eigenvalue weighted by Crippen LogP contribution is -2.30. The molecule has 124 valence electrons. The Morgan fingerprint density at radius 3 is 2.92 bits per heavy atom. The Morgan fingerprint density at radius 1 is 1.33 bits per heavy atom. The molecular weight excluding hydrogens is 342 g/mol. The highest BCUT2D eigenvalue weighted by Crippen LogP contribution is 2.24. The third-order valence-corrected chi connectivity index (χ3v) is 5.04. The molecule has 0 aliphatic carbocycles. The lowest BCUT2D eigenvalue weighted by molar-refractivity contribution is -0.120. The van der Waals surface area contributed by atoms with E-state index in [1.807, 2.05) is 50.2 Å². The summed E-state index contributed by atoms with van der Waals surface area (Å²) in [7, 11) is 0. The van der Waals surface area contributed by atoms with E-state index in [1.54, 1.807) is 0 Å². The molecule has 2 aromatic carbocycles. The fourth-order valence-electron chi connectivity index (χ4n) is 2.34. The van der Waals surface area contributed by atoms with Gasteiger partial charge in [0.25, 0.3) is 0 Å². The van der Waals surface area contributed by atoms with E-state index in [0.717, 1.165) is 21.8 Å². The van der Waals surface area contributed by atoms with Crippen LogP contribution in [0.2, 0.25) is 5.02 Å². The molecule has 0 spiro atoms. The van der Waals surface area contributed by atoms with Crippen LogP contribution >= 0.6 is 23.4 Å². The number of nitrogens with zero attached hydrogens (tertiary/aromatic N) is 1. The maximum atomic E-state index is 12.3. The van der Waals surface area contributed by atoms with Gasteiger partial charge in [0.1, 0.15) is 0 Å². The maximum Gasteiger partial charge on any atom is 0.233 e. The highest BCUT2D eigenvalue weighted by Gasteiger charge is 2.16. The number of carbonyl (C=O) groups is 1. The van der Waals surface area contributed by atoms with Crippen LogP contribution in [0, 0.1) is 6.92 Å². The SMILES string of the molecule is Cc1ccc2nc(SC(C)C(=O)NCc3ccccc3Cl)[nH]c2c1. The first-order chi connectivity index (χ1) is 11.5. The summed E-state index contributed by atoms with van der Waals surface area (Å²) in [4.78, 5) is 20.1. The molecule has 1 atom stereocenters. The van der Waals surface area contributed by atoms with E-state index in [2.05, 4.69) is 21.4 Å². The number of halogens is 1. The predicted molar refractivity (Wildman–Crippen MR) is 99.4 cm³/mol. The van der Waals surface area contributed by atoms with E-state index in [0.29, 0.717) is 11.6 Å². The van der Waals surface area contributed by atoms with Crippen molar-refractivity contribution in [3.8, 4) is 0 Å². The van der Waals surface area contributed by atoms with Gasteiger partial charge >= 0.3 is 0 Å². The van der Waals surface area contributed by atoms with E-state index in [9.17, 15) is 4.79 Å². The number of aromatic amines is 1. The van der Waals surface area contributed by atoms with Gasteiger partial charge in [0.2, 0.25) is 5.91 Å². The molecule has 1 amide bonds. The minimum absolute atomic E-state index is 0.0449. The number of fused-ring (bicyclic) bond motifs is 1. The number of nitrogens with one attached hydrogen (secondary N) is 2. The summed E-state index contributed by atoms with van der Waals surface area (Å²) in [6.45, 7) is 4.33. The molecule has 6 heteroatoms. The Morgan fingerprint density at radius 2 is 2.12 bits per heavy atom. The zero-order valence-electron chi connectivity index (χ0n) is 13.5. The minimum atomic E-state index is -0.255. The molecule has 2 N–H and O–H groups in total. The van der Waals surface area contributed by atoms with E-state index >= 15 is 0 Å². The van der Waals surface area contributed by atoms with Gasteiger partial charge in [-0.2, -0.15) is 0 Å². The molecule has 0 bridgehead atoms. The maximum absolute atomic E-state index is 12.3. The number of imidazole rings is 1. The number of H-pyrrole nitrogens is 1. The van der Waals surface area contributed by atoms with E-state index in [1.165, 1.54) is 17.3 Å². The van der Waals surface area contributed by atoms with Crippen molar-refractivity contribution in [2.24, 2.45) is 0 Å². The molecule has 3 aromatic rings. The van der Waals surface area contributed by atoms with Crippen molar-refractivity contribution >= 4 is 40.3 Å². The summed E-state index contributed by atoms with van der Waals surface area (Å²) < 4.78 is 0. The molecule has 0 saturated heterocycles. The van der Waals surface area contributed by atoms with Gasteiger partial charge in [-0.3, -0.25) is 4.79 Å². The first-order valence-electron chi connectivity index (χ1n) is 7.67. The van der Waals surface area contributed by atoms with Crippen LogP contribution in [-0.4, -0.2) is 21.1 Å². The number of aromatic nitrogens is 2. The van der Waals surface area contributed by atoms with Crippen LogP contribution in [0.3, 0.4) is 0 Å². The first-order valence-corrected chi connectivity index (χ1v) is 8.93. The molecular formula is C18H18ClN3OS. The van der Waals surface area contributed by atoms with Crippen LogP contribution in [0.4, 0.5) is 0 Å². The van der Waals surface area contributed by atoms with Gasteiger partial charge in [-0.05, 0) is 43.2 Å². The van der Waals surface area contributed by atoms with Gasteiger partial charge < -0.3 is 10.3 Å². The number of rotatable bonds is 5. The van der Waals surface area contributed by atoms with Crippen molar-refractivity contribution < 1.29 is 4.79 Å². The summed E-state index contributed by atoms with van der Waals surface area (Å²) in [6, 6.07) is 13.6. The lowest BCUT2D eigenvalue weighted by Gasteiger charge is -2.11. The fourth-order valence-corrected chi connectivity index (χ4v) is 3.39. The predicted octanol–water partition coefficient (Wildman–Crippen LogP) is 4.32. The second kappa shape index (κ2) is 7.28. The number of hydrogen-bond donors (Lipinski definition) is 2. The molecule has 4 nitrogen and oxygen atoms in total. The molecule has 1 aromatic heterocycles. The highest BCUT2D eigenvalue weighted by molar-refractivity contribution is 8.00. The second-order valence-electron chi connectivity index (χ2n) is 5.63. The number of aryl methyl sites for hydroxylation is 1. The van der Waals surface area contributed by atoms with Gasteiger partial charge in [0, 0.05) is 11.6 Å². The molecule has 1 unspecified atom stereocenters. The third-order valence-electron chi connectivity index (χ3n) is 3.68. The summed E-state index contributed by atoms with van der Waals surface area (Å²) in [5.74, 6) is -0.0449. The van der Waals surface area contributed by atoms with Gasteiger partial charge in [0.15, 0.2) is 5.16 Å².